The van der Waals surface area contributed by atoms with Gasteiger partial charge in [-0.3, -0.25) is 4.99 Å². The van der Waals surface area contributed by atoms with Gasteiger partial charge in [0, 0.05) is 11.6 Å². The maximum absolute atomic E-state index is 5.87. The Morgan fingerprint density at radius 3 is 2.64 bits per heavy atom. The van der Waals surface area contributed by atoms with Crippen LogP contribution in [0.5, 0.6) is 11.5 Å². The van der Waals surface area contributed by atoms with Gasteiger partial charge in [0.1, 0.15) is 12.4 Å². The van der Waals surface area contributed by atoms with E-state index >= 15 is 0 Å². The van der Waals surface area contributed by atoms with E-state index in [1.165, 1.54) is 0 Å². The lowest BCUT2D eigenvalue weighted by Gasteiger charge is -2.13. The van der Waals surface area contributed by atoms with Crippen LogP contribution in [-0.2, 0) is 6.61 Å². The molecular weight excluding hydrogens is 276 g/mol. The molecule has 1 N–H and O–H groups in total. The molecule has 3 rings (SSSR count). The van der Waals surface area contributed by atoms with E-state index in [4.69, 9.17) is 9.47 Å². The lowest BCUT2D eigenvalue weighted by atomic mass is 10.1. The Bertz CT molecular complexity index is 668. The first-order valence-corrected chi connectivity index (χ1v) is 7.42. The van der Waals surface area contributed by atoms with Gasteiger partial charge < -0.3 is 14.8 Å². The Hall–Kier alpha value is -2.49. The number of amidine groups is 1. The highest BCUT2D eigenvalue weighted by Crippen LogP contribution is 2.29. The third kappa shape index (κ3) is 3.22. The largest absolute Gasteiger partial charge is 0.493 e. The summed E-state index contributed by atoms with van der Waals surface area (Å²) in [6, 6.07) is 16.4. The monoisotopic (exact) mass is 296 g/mol. The first kappa shape index (κ1) is 14.4. The average molecular weight is 296 g/mol. The normalized spacial score (nSPS) is 16.8. The van der Waals surface area contributed by atoms with E-state index in [-0.39, 0.29) is 0 Å². The Labute approximate surface area is 130 Å². The molecule has 22 heavy (non-hydrogen) atoms. The smallest absolute Gasteiger partial charge is 0.161 e. The molecule has 0 saturated heterocycles. The van der Waals surface area contributed by atoms with Crippen LogP contribution in [0.3, 0.4) is 0 Å². The summed E-state index contributed by atoms with van der Waals surface area (Å²) in [4.78, 5) is 4.49. The fourth-order valence-electron chi connectivity index (χ4n) is 2.40. The highest BCUT2D eigenvalue weighted by atomic mass is 16.5. The van der Waals surface area contributed by atoms with Crippen molar-refractivity contribution >= 4 is 5.84 Å². The molecule has 4 nitrogen and oxygen atoms in total. The van der Waals surface area contributed by atoms with Gasteiger partial charge in [0.15, 0.2) is 11.5 Å². The van der Waals surface area contributed by atoms with Crippen molar-refractivity contribution in [1.82, 2.24) is 5.32 Å². The number of ether oxygens (including phenoxy) is 2. The fourth-order valence-corrected chi connectivity index (χ4v) is 2.40. The molecule has 2 aromatic carbocycles. The molecule has 0 amide bonds. The number of benzene rings is 2. The van der Waals surface area contributed by atoms with Crippen molar-refractivity contribution in [3.05, 3.63) is 59.7 Å². The minimum atomic E-state index is 0.384. The van der Waals surface area contributed by atoms with Gasteiger partial charge in [0.25, 0.3) is 0 Å². The van der Waals surface area contributed by atoms with E-state index in [1.54, 1.807) is 7.11 Å². The fraction of sp³-hybridized carbons (Fsp3) is 0.278. The molecule has 4 heteroatoms. The van der Waals surface area contributed by atoms with Gasteiger partial charge in [-0.15, -0.1) is 0 Å². The topological polar surface area (TPSA) is 42.8 Å². The maximum Gasteiger partial charge on any atom is 0.161 e. The Kier molecular flexibility index (Phi) is 4.28. The van der Waals surface area contributed by atoms with Gasteiger partial charge >= 0.3 is 0 Å². The Balaban J connectivity index is 1.75. The minimum Gasteiger partial charge on any atom is -0.493 e. The van der Waals surface area contributed by atoms with E-state index in [0.717, 1.165) is 35.0 Å². The second kappa shape index (κ2) is 6.52. The van der Waals surface area contributed by atoms with Crippen LogP contribution in [0, 0.1) is 0 Å². The van der Waals surface area contributed by atoms with Crippen molar-refractivity contribution in [3.63, 3.8) is 0 Å². The molecule has 1 aliphatic heterocycles. The van der Waals surface area contributed by atoms with Crippen LogP contribution in [0.1, 0.15) is 18.1 Å². The van der Waals surface area contributed by atoms with Gasteiger partial charge in [-0.05, 0) is 30.7 Å². The standard InChI is InChI=1S/C18H20N2O2/c1-13-11-19-18(20-13)15-8-9-16(17(10-15)21-2)22-12-14-6-4-3-5-7-14/h3-10,13H,11-12H2,1-2H3,(H,19,20). The molecule has 2 aromatic rings. The zero-order valence-electron chi connectivity index (χ0n) is 12.9. The molecule has 0 bridgehead atoms. The molecule has 1 unspecified atom stereocenters. The van der Waals surface area contributed by atoms with Crippen molar-refractivity contribution in [1.29, 1.82) is 0 Å². The predicted molar refractivity (Wildman–Crippen MR) is 87.8 cm³/mol. The second-order valence-electron chi connectivity index (χ2n) is 5.37. The van der Waals surface area contributed by atoms with Gasteiger partial charge in [0.05, 0.1) is 13.7 Å². The summed E-state index contributed by atoms with van der Waals surface area (Å²) in [5.74, 6) is 2.37. The number of aliphatic imine (C=N–C) groups is 1. The number of rotatable bonds is 5. The summed E-state index contributed by atoms with van der Waals surface area (Å²) in [5.41, 5.74) is 2.15. The summed E-state index contributed by atoms with van der Waals surface area (Å²) >= 11 is 0. The molecule has 0 aliphatic carbocycles. The lowest BCUT2D eigenvalue weighted by Crippen LogP contribution is -2.27. The van der Waals surface area contributed by atoms with Gasteiger partial charge in [0.2, 0.25) is 0 Å². The highest BCUT2D eigenvalue weighted by Gasteiger charge is 2.16. The minimum absolute atomic E-state index is 0.384. The van der Waals surface area contributed by atoms with E-state index in [0.29, 0.717) is 12.6 Å². The number of nitrogens with one attached hydrogen (secondary N) is 1. The molecule has 0 fully saturated rings. The van der Waals surface area contributed by atoms with Crippen LogP contribution in [-0.4, -0.2) is 25.5 Å². The number of hydrogen-bond acceptors (Lipinski definition) is 4. The van der Waals surface area contributed by atoms with E-state index in [9.17, 15) is 0 Å². The summed E-state index contributed by atoms with van der Waals surface area (Å²) in [6.45, 7) is 3.45. The molecule has 0 spiro atoms. The summed E-state index contributed by atoms with van der Waals surface area (Å²) in [6.07, 6.45) is 0. The third-order valence-corrected chi connectivity index (χ3v) is 3.58. The van der Waals surface area contributed by atoms with Crippen LogP contribution in [0.25, 0.3) is 0 Å². The van der Waals surface area contributed by atoms with Crippen LogP contribution < -0.4 is 14.8 Å². The van der Waals surface area contributed by atoms with Crippen molar-refractivity contribution < 1.29 is 9.47 Å². The zero-order valence-corrected chi connectivity index (χ0v) is 12.9. The molecule has 1 heterocycles. The number of hydrogen-bond donors (Lipinski definition) is 1. The zero-order chi connectivity index (χ0) is 15.4. The summed E-state index contributed by atoms with van der Waals surface area (Å²) < 4.78 is 11.3. The summed E-state index contributed by atoms with van der Waals surface area (Å²) in [7, 11) is 1.65. The SMILES string of the molecule is COc1cc(C2=NCC(C)N2)ccc1OCc1ccccc1. The van der Waals surface area contributed by atoms with Crippen LogP contribution in [0.15, 0.2) is 53.5 Å². The van der Waals surface area contributed by atoms with Crippen molar-refractivity contribution in [3.8, 4) is 11.5 Å². The van der Waals surface area contributed by atoms with Gasteiger partial charge in [-0.25, -0.2) is 0 Å². The first-order valence-electron chi connectivity index (χ1n) is 7.42. The lowest BCUT2D eigenvalue weighted by molar-refractivity contribution is 0.284. The predicted octanol–water partition coefficient (Wildman–Crippen LogP) is 3.01. The molecule has 0 aromatic heterocycles. The highest BCUT2D eigenvalue weighted by molar-refractivity contribution is 6.00. The van der Waals surface area contributed by atoms with Crippen molar-refractivity contribution in [2.45, 2.75) is 19.6 Å². The molecular formula is C18H20N2O2. The molecule has 0 saturated carbocycles. The molecule has 1 atom stereocenters. The van der Waals surface area contributed by atoms with Crippen LogP contribution in [0.4, 0.5) is 0 Å². The van der Waals surface area contributed by atoms with Crippen molar-refractivity contribution in [2.75, 3.05) is 13.7 Å². The summed E-state index contributed by atoms with van der Waals surface area (Å²) in [5, 5.41) is 3.35. The van der Waals surface area contributed by atoms with Crippen LogP contribution in [0.2, 0.25) is 0 Å². The quantitative estimate of drug-likeness (QED) is 0.922. The van der Waals surface area contributed by atoms with E-state index < -0.39 is 0 Å². The number of methoxy groups -OCH3 is 1. The molecule has 1 aliphatic rings. The molecule has 0 radical (unpaired) electrons. The Morgan fingerprint density at radius 2 is 1.95 bits per heavy atom. The average Bonchev–Trinajstić information content (AvgIpc) is 3.00. The maximum atomic E-state index is 5.87. The second-order valence-corrected chi connectivity index (χ2v) is 5.37. The van der Waals surface area contributed by atoms with E-state index in [2.05, 4.69) is 17.2 Å². The first-order chi connectivity index (χ1) is 10.8. The van der Waals surface area contributed by atoms with Gasteiger partial charge in [-0.1, -0.05) is 30.3 Å². The van der Waals surface area contributed by atoms with Crippen molar-refractivity contribution in [2.24, 2.45) is 4.99 Å². The van der Waals surface area contributed by atoms with Crippen LogP contribution >= 0.6 is 0 Å². The van der Waals surface area contributed by atoms with Gasteiger partial charge in [-0.2, -0.15) is 0 Å². The van der Waals surface area contributed by atoms with E-state index in [1.807, 2.05) is 48.5 Å². The Morgan fingerprint density at radius 1 is 1.14 bits per heavy atom. The molecule has 114 valence electrons. The number of nitrogens with zero attached hydrogens (tertiary/aromatic N) is 1. The third-order valence-electron chi connectivity index (χ3n) is 3.58.